The van der Waals surface area contributed by atoms with Crippen molar-refractivity contribution in [3.05, 3.63) is 236 Å². The van der Waals surface area contributed by atoms with Gasteiger partial charge in [-0.15, -0.1) is 0 Å². The lowest BCUT2D eigenvalue weighted by Crippen LogP contribution is -2.28. The van der Waals surface area contributed by atoms with Crippen LogP contribution in [-0.2, 0) is 5.41 Å². The molecule has 0 N–H and O–H groups in total. The van der Waals surface area contributed by atoms with E-state index in [9.17, 15) is 0 Å². The molecule has 12 rings (SSSR count). The fourth-order valence-corrected chi connectivity index (χ4v) is 10.5. The average Bonchev–Trinajstić information content (AvgIpc) is 3.66. The van der Waals surface area contributed by atoms with Gasteiger partial charge >= 0.3 is 0 Å². The molecule has 1 aromatic heterocycles. The fraction of sp³-hybridized carbons (Fsp3) is 0.0952. The van der Waals surface area contributed by atoms with Crippen LogP contribution in [0.15, 0.2) is 224 Å². The molecule has 2 aliphatic rings. The number of benzene rings is 9. The number of nitrogens with zero attached hydrogens (tertiary/aromatic N) is 3. The monoisotopic (exact) mass is 845 g/mol. The zero-order chi connectivity index (χ0) is 43.9. The van der Waals surface area contributed by atoms with Crippen LogP contribution >= 0.6 is 0 Å². The van der Waals surface area contributed by atoms with Gasteiger partial charge in [-0.2, -0.15) is 0 Å². The van der Waals surface area contributed by atoms with Gasteiger partial charge in [-0.1, -0.05) is 226 Å². The highest BCUT2D eigenvalue weighted by molar-refractivity contribution is 5.85. The van der Waals surface area contributed by atoms with Crippen molar-refractivity contribution in [2.45, 2.75) is 37.5 Å². The summed E-state index contributed by atoms with van der Waals surface area (Å²) in [6.45, 7) is 0. The van der Waals surface area contributed by atoms with Crippen LogP contribution in [0.25, 0.3) is 101 Å². The van der Waals surface area contributed by atoms with Crippen molar-refractivity contribution < 1.29 is 0 Å². The number of fused-ring (bicyclic) bond motifs is 5. The maximum absolute atomic E-state index is 5.11. The van der Waals surface area contributed by atoms with Crippen LogP contribution in [0.1, 0.15) is 43.2 Å². The molecule has 1 fully saturated rings. The van der Waals surface area contributed by atoms with Gasteiger partial charge in [-0.3, -0.25) is 0 Å². The molecule has 1 saturated carbocycles. The second kappa shape index (κ2) is 16.8. The Morgan fingerprint density at radius 1 is 0.242 bits per heavy atom. The molecule has 314 valence electrons. The van der Waals surface area contributed by atoms with Crippen molar-refractivity contribution in [3.8, 4) is 101 Å². The Morgan fingerprint density at radius 2 is 0.591 bits per heavy atom. The molecule has 0 radical (unpaired) electrons. The van der Waals surface area contributed by atoms with E-state index in [1.807, 2.05) is 12.1 Å². The topological polar surface area (TPSA) is 38.7 Å². The largest absolute Gasteiger partial charge is 0.208 e. The van der Waals surface area contributed by atoms with Gasteiger partial charge in [0, 0.05) is 22.1 Å². The van der Waals surface area contributed by atoms with Crippen molar-refractivity contribution in [3.63, 3.8) is 0 Å². The van der Waals surface area contributed by atoms with E-state index in [0.29, 0.717) is 17.5 Å². The molecule has 0 unspecified atom stereocenters. The first-order valence-corrected chi connectivity index (χ1v) is 23.3. The Hall–Kier alpha value is -8.01. The van der Waals surface area contributed by atoms with Crippen LogP contribution in [0.4, 0.5) is 0 Å². The Labute approximate surface area is 387 Å². The number of hydrogen-bond acceptors (Lipinski definition) is 3. The van der Waals surface area contributed by atoms with Crippen LogP contribution in [0, 0.1) is 0 Å². The maximum Gasteiger partial charge on any atom is 0.164 e. The van der Waals surface area contributed by atoms with E-state index in [1.54, 1.807) is 0 Å². The van der Waals surface area contributed by atoms with Crippen molar-refractivity contribution >= 4 is 0 Å². The summed E-state index contributed by atoms with van der Waals surface area (Å²) in [4.78, 5) is 15.3. The highest BCUT2D eigenvalue weighted by atomic mass is 15.0. The van der Waals surface area contributed by atoms with Gasteiger partial charge in [0.15, 0.2) is 17.5 Å². The van der Waals surface area contributed by atoms with Gasteiger partial charge in [-0.25, -0.2) is 15.0 Å². The van der Waals surface area contributed by atoms with E-state index in [2.05, 4.69) is 212 Å². The molecule has 9 aromatic carbocycles. The molecule has 1 heterocycles. The molecule has 0 atom stereocenters. The lowest BCUT2D eigenvalue weighted by Gasteiger charge is -2.36. The maximum atomic E-state index is 5.11. The molecule has 2 aliphatic carbocycles. The minimum atomic E-state index is 0.154. The summed E-state index contributed by atoms with van der Waals surface area (Å²) >= 11 is 0. The quantitative estimate of drug-likeness (QED) is 0.153. The van der Waals surface area contributed by atoms with E-state index < -0.39 is 0 Å². The van der Waals surface area contributed by atoms with Gasteiger partial charge in [0.05, 0.1) is 0 Å². The summed E-state index contributed by atoms with van der Waals surface area (Å²) in [5.74, 6) is 1.91. The van der Waals surface area contributed by atoms with Gasteiger partial charge < -0.3 is 0 Å². The molecule has 0 saturated heterocycles. The molecule has 1 spiro atoms. The Morgan fingerprint density at radius 3 is 1.14 bits per heavy atom. The molecule has 0 bridgehead atoms. The molecule has 0 aliphatic heterocycles. The zero-order valence-corrected chi connectivity index (χ0v) is 36.7. The molecule has 66 heavy (non-hydrogen) atoms. The fourth-order valence-electron chi connectivity index (χ4n) is 10.5. The summed E-state index contributed by atoms with van der Waals surface area (Å²) in [7, 11) is 0. The lowest BCUT2D eigenvalue weighted by atomic mass is 9.67. The van der Waals surface area contributed by atoms with Crippen LogP contribution in [0.3, 0.4) is 0 Å². The molecule has 3 heteroatoms. The average molecular weight is 846 g/mol. The number of aromatic nitrogens is 3. The summed E-state index contributed by atoms with van der Waals surface area (Å²) < 4.78 is 0. The van der Waals surface area contributed by atoms with Crippen LogP contribution < -0.4 is 0 Å². The summed E-state index contributed by atoms with van der Waals surface area (Å²) in [6.07, 6.45) is 6.43. The Balaban J connectivity index is 0.836. The van der Waals surface area contributed by atoms with Crippen molar-refractivity contribution in [1.29, 1.82) is 0 Å². The van der Waals surface area contributed by atoms with E-state index in [0.717, 1.165) is 44.5 Å². The molecule has 3 nitrogen and oxygen atoms in total. The second-order valence-electron chi connectivity index (χ2n) is 17.9. The minimum Gasteiger partial charge on any atom is -0.208 e. The molecular formula is C63H47N3. The first-order valence-electron chi connectivity index (χ1n) is 23.3. The summed E-state index contributed by atoms with van der Waals surface area (Å²) in [5, 5.41) is 0. The van der Waals surface area contributed by atoms with Gasteiger partial charge in [0.1, 0.15) is 0 Å². The number of rotatable bonds is 8. The van der Waals surface area contributed by atoms with Crippen LogP contribution in [-0.4, -0.2) is 15.0 Å². The van der Waals surface area contributed by atoms with Crippen molar-refractivity contribution in [2.75, 3.05) is 0 Å². The van der Waals surface area contributed by atoms with E-state index in [-0.39, 0.29) is 5.41 Å². The highest BCUT2D eigenvalue weighted by Crippen LogP contribution is 2.56. The number of hydrogen-bond donors (Lipinski definition) is 0. The third kappa shape index (κ3) is 7.33. The third-order valence-corrected chi connectivity index (χ3v) is 14.0. The van der Waals surface area contributed by atoms with Crippen molar-refractivity contribution in [1.82, 2.24) is 15.0 Å². The zero-order valence-electron chi connectivity index (χ0n) is 36.7. The SMILES string of the molecule is c1ccc(-c2ccc(-c3nc(-c4ccc(-c5cccc(-c6ccc(-c7ccc8c(c7)C7(CCCCC7)c7ccccc7-8)cc6)c5)cc4)nc(-c4cccc(-c5ccccc5)c4)n3)cc2)cc1. The van der Waals surface area contributed by atoms with Crippen LogP contribution in [0.5, 0.6) is 0 Å². The highest BCUT2D eigenvalue weighted by Gasteiger charge is 2.43. The smallest absolute Gasteiger partial charge is 0.164 e. The first-order chi connectivity index (χ1) is 32.6. The predicted molar refractivity (Wildman–Crippen MR) is 273 cm³/mol. The Kier molecular flexibility index (Phi) is 10.1. The van der Waals surface area contributed by atoms with Crippen molar-refractivity contribution in [2.24, 2.45) is 0 Å². The van der Waals surface area contributed by atoms with Crippen LogP contribution in [0.2, 0.25) is 0 Å². The summed E-state index contributed by atoms with van der Waals surface area (Å²) in [6, 6.07) is 80.8. The molecular weight excluding hydrogens is 799 g/mol. The standard InChI is InChI=1S/C63H47N3/c1-4-14-43(15-5-1)45-28-32-49(33-29-45)60-64-61(66-62(65-60)55-21-13-20-53(41-55)44-16-6-2-7-17-44)50-34-30-47(31-35-50)52-19-12-18-51(40-52)46-24-26-48(27-25-46)54-36-37-57-56-22-8-9-23-58(56)63(59(57)42-54)38-10-3-11-39-63/h1-2,4-9,12-37,40-42H,3,10-11,38-39H2. The second-order valence-corrected chi connectivity index (χ2v) is 17.9. The normalized spacial score (nSPS) is 13.6. The van der Waals surface area contributed by atoms with E-state index in [4.69, 9.17) is 15.0 Å². The first kappa shape index (κ1) is 39.6. The Bertz CT molecular complexity index is 3350. The van der Waals surface area contributed by atoms with Gasteiger partial charge in [0.25, 0.3) is 0 Å². The molecule has 10 aromatic rings. The summed E-state index contributed by atoms with van der Waals surface area (Å²) in [5.41, 5.74) is 20.7. The lowest BCUT2D eigenvalue weighted by molar-refractivity contribution is 0.353. The minimum absolute atomic E-state index is 0.154. The van der Waals surface area contributed by atoms with E-state index >= 15 is 0 Å². The third-order valence-electron chi connectivity index (χ3n) is 14.0. The van der Waals surface area contributed by atoms with Gasteiger partial charge in [0.2, 0.25) is 0 Å². The van der Waals surface area contributed by atoms with E-state index in [1.165, 1.54) is 82.2 Å². The molecule has 0 amide bonds. The predicted octanol–water partition coefficient (Wildman–Crippen LogP) is 16.4. The van der Waals surface area contributed by atoms with Gasteiger partial charge in [-0.05, 0) is 109 Å².